The molecule has 0 aromatic carbocycles. The highest BCUT2D eigenvalue weighted by Gasteiger charge is 2.13. The fraction of sp³-hybridized carbons (Fsp3) is 0.500. The predicted octanol–water partition coefficient (Wildman–Crippen LogP) is 0.860. The molecule has 4 heteroatoms. The Balaban J connectivity index is 4.26. The number of rotatable bonds is 2. The molecule has 0 saturated carbocycles. The van der Waals surface area contributed by atoms with Crippen molar-refractivity contribution in [3.8, 4) is 0 Å². The van der Waals surface area contributed by atoms with Crippen LogP contribution >= 0.6 is 0 Å². The Bertz CT molecular complexity index is 170. The van der Waals surface area contributed by atoms with Gasteiger partial charge in [0.15, 0.2) is 0 Å². The van der Waals surface area contributed by atoms with E-state index in [-0.39, 0.29) is 0 Å². The summed E-state index contributed by atoms with van der Waals surface area (Å²) in [6.45, 7) is 4.33. The van der Waals surface area contributed by atoms with Gasteiger partial charge in [-0.2, -0.15) is 8.42 Å². The van der Waals surface area contributed by atoms with Gasteiger partial charge in [0.1, 0.15) is 5.25 Å². The highest BCUT2D eigenvalue weighted by molar-refractivity contribution is 7.87. The number of hydrogen-bond acceptors (Lipinski definition) is 2. The van der Waals surface area contributed by atoms with Crippen molar-refractivity contribution in [3.05, 3.63) is 12.7 Å². The third kappa shape index (κ3) is 2.07. The van der Waals surface area contributed by atoms with Crippen LogP contribution in [0.5, 0.6) is 0 Å². The molecule has 0 spiro atoms. The Morgan fingerprint density at radius 3 is 2.12 bits per heavy atom. The van der Waals surface area contributed by atoms with E-state index in [1.807, 2.05) is 0 Å². The van der Waals surface area contributed by atoms with E-state index in [0.29, 0.717) is 0 Å². The molecule has 1 atom stereocenters. The van der Waals surface area contributed by atoms with Gasteiger partial charge in [-0.15, -0.1) is 10.5 Å². The average molecular weight is 138 g/mol. The van der Waals surface area contributed by atoms with E-state index in [4.69, 9.17) is 0 Å². The Hall–Kier alpha value is -0.380. The summed E-state index contributed by atoms with van der Waals surface area (Å²) < 4.78 is 31.3. The fourth-order valence-corrected chi connectivity index (χ4v) is 0.345. The van der Waals surface area contributed by atoms with Gasteiger partial charge >= 0.3 is 10.2 Å². The third-order valence-corrected chi connectivity index (χ3v) is 1.86. The summed E-state index contributed by atoms with van der Waals surface area (Å²) in [4.78, 5) is 0. The Kier molecular flexibility index (Phi) is 2.15. The number of hydrogen-bond donors (Lipinski definition) is 0. The van der Waals surface area contributed by atoms with Gasteiger partial charge in [0.05, 0.1) is 0 Å². The molecule has 0 aliphatic heterocycles. The van der Waals surface area contributed by atoms with Gasteiger partial charge in [-0.05, 0) is 6.92 Å². The average Bonchev–Trinajstić information content (AvgIpc) is 1.62. The van der Waals surface area contributed by atoms with Crippen LogP contribution in [-0.4, -0.2) is 13.7 Å². The zero-order chi connectivity index (χ0) is 6.78. The first-order chi connectivity index (χ1) is 3.48. The molecule has 0 aromatic rings. The molecule has 1 unspecified atom stereocenters. The molecule has 0 rings (SSSR count). The normalized spacial score (nSPS) is 15.2. The van der Waals surface area contributed by atoms with Crippen molar-refractivity contribution in [2.45, 2.75) is 12.2 Å². The monoisotopic (exact) mass is 138 g/mol. The second-order valence-electron chi connectivity index (χ2n) is 1.42. The number of halogens is 1. The van der Waals surface area contributed by atoms with Crippen molar-refractivity contribution in [2.24, 2.45) is 0 Å². The molecule has 0 amide bonds. The van der Waals surface area contributed by atoms with Gasteiger partial charge in [0, 0.05) is 0 Å². The second kappa shape index (κ2) is 2.26. The maximum atomic E-state index is 11.7. The molecule has 48 valence electrons. The Labute approximate surface area is 48.2 Å². The first-order valence-electron chi connectivity index (χ1n) is 2.04. The van der Waals surface area contributed by atoms with Crippen LogP contribution in [0.1, 0.15) is 6.92 Å². The molecule has 0 radical (unpaired) electrons. The van der Waals surface area contributed by atoms with Crippen molar-refractivity contribution in [2.75, 3.05) is 0 Å². The maximum Gasteiger partial charge on any atom is 0.308 e. The molecule has 0 aliphatic carbocycles. The zero-order valence-electron chi connectivity index (χ0n) is 4.46. The summed E-state index contributed by atoms with van der Waals surface area (Å²) in [5.41, 5.74) is 0. The SMILES string of the molecule is C=CC(C)S(=O)(=O)F. The third-order valence-electron chi connectivity index (χ3n) is 0.776. The molecule has 0 fully saturated rings. The van der Waals surface area contributed by atoms with E-state index in [2.05, 4.69) is 6.58 Å². The van der Waals surface area contributed by atoms with Crippen LogP contribution in [0.2, 0.25) is 0 Å². The van der Waals surface area contributed by atoms with Crippen molar-refractivity contribution in [1.82, 2.24) is 0 Å². The fourth-order valence-electron chi connectivity index (χ4n) is 0.115. The molecule has 8 heavy (non-hydrogen) atoms. The van der Waals surface area contributed by atoms with Crippen molar-refractivity contribution < 1.29 is 12.3 Å². The highest BCUT2D eigenvalue weighted by Crippen LogP contribution is 2.01. The van der Waals surface area contributed by atoms with E-state index in [1.165, 1.54) is 6.92 Å². The summed E-state index contributed by atoms with van der Waals surface area (Å²) in [5, 5.41) is -1.08. The second-order valence-corrected chi connectivity index (χ2v) is 3.11. The predicted molar refractivity (Wildman–Crippen MR) is 29.7 cm³/mol. The lowest BCUT2D eigenvalue weighted by atomic mass is 10.5. The molecular weight excluding hydrogens is 131 g/mol. The van der Waals surface area contributed by atoms with Crippen LogP contribution in [0, 0.1) is 0 Å². The summed E-state index contributed by atoms with van der Waals surface area (Å²) in [6, 6.07) is 0. The molecule has 0 saturated heterocycles. The lowest BCUT2D eigenvalue weighted by Gasteiger charge is -1.94. The van der Waals surface area contributed by atoms with Crippen LogP contribution in [0.25, 0.3) is 0 Å². The van der Waals surface area contributed by atoms with Crippen LogP contribution in [-0.2, 0) is 10.2 Å². The summed E-state index contributed by atoms with van der Waals surface area (Å²) in [5.74, 6) is 0. The lowest BCUT2D eigenvalue weighted by molar-refractivity contribution is 0.546. The van der Waals surface area contributed by atoms with Gasteiger partial charge in [-0.3, -0.25) is 0 Å². The van der Waals surface area contributed by atoms with Gasteiger partial charge in [0.25, 0.3) is 0 Å². The van der Waals surface area contributed by atoms with E-state index in [1.54, 1.807) is 0 Å². The van der Waals surface area contributed by atoms with E-state index < -0.39 is 15.5 Å². The van der Waals surface area contributed by atoms with Crippen molar-refractivity contribution in [3.63, 3.8) is 0 Å². The Morgan fingerprint density at radius 1 is 1.75 bits per heavy atom. The van der Waals surface area contributed by atoms with Gasteiger partial charge < -0.3 is 0 Å². The van der Waals surface area contributed by atoms with Gasteiger partial charge in [0.2, 0.25) is 0 Å². The van der Waals surface area contributed by atoms with Crippen LogP contribution in [0.3, 0.4) is 0 Å². The topological polar surface area (TPSA) is 34.1 Å². The lowest BCUT2D eigenvalue weighted by Crippen LogP contribution is -2.07. The molecule has 0 bridgehead atoms. The van der Waals surface area contributed by atoms with Crippen molar-refractivity contribution >= 4 is 10.2 Å². The van der Waals surface area contributed by atoms with E-state index in [9.17, 15) is 12.3 Å². The molecule has 2 nitrogen and oxygen atoms in total. The quantitative estimate of drug-likeness (QED) is 0.419. The minimum absolute atomic E-state index is 1.04. The maximum absolute atomic E-state index is 11.7. The largest absolute Gasteiger partial charge is 0.308 e. The van der Waals surface area contributed by atoms with Crippen LogP contribution in [0.15, 0.2) is 12.7 Å². The van der Waals surface area contributed by atoms with Gasteiger partial charge in [-0.25, -0.2) is 0 Å². The minimum atomic E-state index is -4.37. The standard InChI is InChI=1S/C4H7FO2S/c1-3-4(2)8(5,6)7/h3-4H,1H2,2H3. The zero-order valence-corrected chi connectivity index (χ0v) is 5.28. The summed E-state index contributed by atoms with van der Waals surface area (Å²) >= 11 is 0. The summed E-state index contributed by atoms with van der Waals surface area (Å²) in [6.07, 6.45) is 1.04. The van der Waals surface area contributed by atoms with Gasteiger partial charge in [-0.1, -0.05) is 6.08 Å². The molecule has 0 N–H and O–H groups in total. The van der Waals surface area contributed by atoms with Crippen molar-refractivity contribution in [1.29, 1.82) is 0 Å². The first kappa shape index (κ1) is 7.62. The van der Waals surface area contributed by atoms with E-state index in [0.717, 1.165) is 6.08 Å². The minimum Gasteiger partial charge on any atom is -0.194 e. The molecule has 0 aliphatic rings. The summed E-state index contributed by atoms with van der Waals surface area (Å²) in [7, 11) is -4.37. The smallest absolute Gasteiger partial charge is 0.194 e. The van der Waals surface area contributed by atoms with Crippen LogP contribution in [0.4, 0.5) is 3.89 Å². The molecular formula is C4H7FO2S. The first-order valence-corrected chi connectivity index (χ1v) is 3.49. The Morgan fingerprint density at radius 2 is 2.12 bits per heavy atom. The molecule has 0 heterocycles. The van der Waals surface area contributed by atoms with Crippen LogP contribution < -0.4 is 0 Å². The molecule has 0 aromatic heterocycles. The van der Waals surface area contributed by atoms with E-state index >= 15 is 0 Å². The highest BCUT2D eigenvalue weighted by atomic mass is 32.3.